The van der Waals surface area contributed by atoms with Crippen molar-refractivity contribution in [2.75, 3.05) is 28.4 Å². The van der Waals surface area contributed by atoms with Gasteiger partial charge in [0, 0.05) is 19.2 Å². The molecule has 0 N–H and O–H groups in total. The lowest BCUT2D eigenvalue weighted by Crippen LogP contribution is -2.30. The van der Waals surface area contributed by atoms with E-state index >= 15 is 0 Å². The Labute approximate surface area is 145 Å². The Kier molecular flexibility index (Phi) is 5.79. The maximum absolute atomic E-state index is 12.3. The van der Waals surface area contributed by atoms with Crippen molar-refractivity contribution < 1.29 is 19.0 Å². The molecule has 0 unspecified atom stereocenters. The van der Waals surface area contributed by atoms with Crippen LogP contribution in [0.1, 0.15) is 11.4 Å². The first-order valence-electron chi connectivity index (χ1n) is 7.35. The zero-order chi connectivity index (χ0) is 18.4. The van der Waals surface area contributed by atoms with Gasteiger partial charge in [-0.05, 0) is 12.1 Å². The quantitative estimate of drug-likeness (QED) is 0.732. The molecule has 9 nitrogen and oxygen atoms in total. The van der Waals surface area contributed by atoms with Gasteiger partial charge in [0.25, 0.3) is 5.82 Å². The summed E-state index contributed by atoms with van der Waals surface area (Å²) in [5, 5.41) is 12.6. The van der Waals surface area contributed by atoms with Crippen LogP contribution in [0.15, 0.2) is 18.5 Å². The zero-order valence-corrected chi connectivity index (χ0v) is 14.5. The van der Waals surface area contributed by atoms with Gasteiger partial charge in [0.15, 0.2) is 11.5 Å². The molecule has 0 saturated heterocycles. The summed E-state index contributed by atoms with van der Waals surface area (Å²) < 4.78 is 17.3. The lowest BCUT2D eigenvalue weighted by molar-refractivity contribution is -0.131. The summed E-state index contributed by atoms with van der Waals surface area (Å²) in [5.74, 6) is 1.36. The summed E-state index contributed by atoms with van der Waals surface area (Å²) >= 11 is 0. The van der Waals surface area contributed by atoms with E-state index in [1.807, 2.05) is 12.1 Å². The van der Waals surface area contributed by atoms with Gasteiger partial charge in [0.1, 0.15) is 18.9 Å². The van der Waals surface area contributed by atoms with Crippen molar-refractivity contribution >= 4 is 5.91 Å². The van der Waals surface area contributed by atoms with Gasteiger partial charge in [0.2, 0.25) is 11.7 Å². The number of nitriles is 1. The minimum atomic E-state index is -0.189. The molecule has 25 heavy (non-hydrogen) atoms. The van der Waals surface area contributed by atoms with Crippen molar-refractivity contribution in [3.8, 4) is 23.3 Å². The number of carbonyl (C=O) groups is 1. The molecule has 1 amide bonds. The lowest BCUT2D eigenvalue weighted by atomic mass is 10.1. The van der Waals surface area contributed by atoms with E-state index in [-0.39, 0.29) is 18.3 Å². The highest BCUT2D eigenvalue weighted by Gasteiger charge is 2.19. The van der Waals surface area contributed by atoms with Crippen LogP contribution < -0.4 is 14.2 Å². The molecule has 9 heteroatoms. The number of carbonyl (C=O) groups excluding carboxylic acids is 1. The van der Waals surface area contributed by atoms with Crippen molar-refractivity contribution in [3.63, 3.8) is 0 Å². The van der Waals surface area contributed by atoms with Crippen LogP contribution in [-0.2, 0) is 17.9 Å². The third-order valence-corrected chi connectivity index (χ3v) is 3.55. The molecule has 0 aliphatic carbocycles. The SMILES string of the molecule is COc1ccc(CN(C)C(=O)Cn2cnc(C#N)n2)c(OC)c1OC. The van der Waals surface area contributed by atoms with Crippen molar-refractivity contribution in [1.82, 2.24) is 19.7 Å². The number of benzene rings is 1. The van der Waals surface area contributed by atoms with Crippen molar-refractivity contribution in [2.24, 2.45) is 0 Å². The van der Waals surface area contributed by atoms with Gasteiger partial charge in [-0.15, -0.1) is 5.10 Å². The number of ether oxygens (including phenoxy) is 3. The van der Waals surface area contributed by atoms with E-state index in [0.717, 1.165) is 5.56 Å². The smallest absolute Gasteiger partial charge is 0.252 e. The molecule has 1 aromatic carbocycles. The van der Waals surface area contributed by atoms with Gasteiger partial charge in [-0.1, -0.05) is 0 Å². The third kappa shape index (κ3) is 3.98. The minimum Gasteiger partial charge on any atom is -0.493 e. The Balaban J connectivity index is 2.15. The van der Waals surface area contributed by atoms with Crippen molar-refractivity contribution in [2.45, 2.75) is 13.1 Å². The van der Waals surface area contributed by atoms with Crippen LogP contribution >= 0.6 is 0 Å². The average Bonchev–Trinajstić information content (AvgIpc) is 3.08. The standard InChI is InChI=1S/C16H19N5O4/c1-20(14(22)9-21-10-18-13(7-17)19-21)8-11-5-6-12(23-2)16(25-4)15(11)24-3/h5-6,10H,8-9H2,1-4H3. The minimum absolute atomic E-state index is 0.0131. The highest BCUT2D eigenvalue weighted by Crippen LogP contribution is 2.40. The molecule has 2 rings (SSSR count). The lowest BCUT2D eigenvalue weighted by Gasteiger charge is -2.21. The molecule has 0 radical (unpaired) electrons. The van der Waals surface area contributed by atoms with Crippen LogP contribution in [0.2, 0.25) is 0 Å². The van der Waals surface area contributed by atoms with Crippen LogP contribution in [0.4, 0.5) is 0 Å². The van der Waals surface area contributed by atoms with Crippen LogP contribution in [0.5, 0.6) is 17.2 Å². The first-order chi connectivity index (χ1) is 12.0. The van der Waals surface area contributed by atoms with Gasteiger partial charge in [-0.2, -0.15) is 5.26 Å². The molecule has 0 spiro atoms. The summed E-state index contributed by atoms with van der Waals surface area (Å²) in [6.07, 6.45) is 1.35. The summed E-state index contributed by atoms with van der Waals surface area (Å²) in [6, 6.07) is 5.39. The van der Waals surface area contributed by atoms with Crippen molar-refractivity contribution in [3.05, 3.63) is 29.8 Å². The number of likely N-dealkylation sites (N-methyl/N-ethyl adjacent to an activating group) is 1. The molecule has 132 valence electrons. The molecule has 1 aromatic heterocycles. The zero-order valence-electron chi connectivity index (χ0n) is 14.5. The van der Waals surface area contributed by atoms with E-state index in [1.54, 1.807) is 20.2 Å². The Morgan fingerprint density at radius 3 is 2.52 bits per heavy atom. The van der Waals surface area contributed by atoms with E-state index in [2.05, 4.69) is 10.1 Å². The number of aromatic nitrogens is 3. The number of methoxy groups -OCH3 is 3. The monoisotopic (exact) mass is 345 g/mol. The predicted octanol–water partition coefficient (Wildman–Crippen LogP) is 0.834. The molecule has 0 atom stereocenters. The van der Waals surface area contributed by atoms with E-state index in [1.165, 1.54) is 30.1 Å². The number of hydrogen-bond acceptors (Lipinski definition) is 7. The molecule has 2 aromatic rings. The topological polar surface area (TPSA) is 103 Å². The largest absolute Gasteiger partial charge is 0.493 e. The molecule has 0 saturated carbocycles. The number of hydrogen-bond donors (Lipinski definition) is 0. The number of amides is 1. The highest BCUT2D eigenvalue weighted by molar-refractivity contribution is 5.75. The molecular formula is C16H19N5O4. The van der Waals surface area contributed by atoms with Crippen LogP contribution in [0.25, 0.3) is 0 Å². The highest BCUT2D eigenvalue weighted by atomic mass is 16.5. The average molecular weight is 345 g/mol. The maximum atomic E-state index is 12.3. The Morgan fingerprint density at radius 2 is 1.96 bits per heavy atom. The molecular weight excluding hydrogens is 326 g/mol. The third-order valence-electron chi connectivity index (χ3n) is 3.55. The maximum Gasteiger partial charge on any atom is 0.252 e. The molecule has 0 fully saturated rings. The van der Waals surface area contributed by atoms with Crippen molar-refractivity contribution in [1.29, 1.82) is 5.26 Å². The molecule has 0 aliphatic rings. The van der Waals surface area contributed by atoms with E-state index in [0.29, 0.717) is 23.8 Å². The molecule has 1 heterocycles. The van der Waals surface area contributed by atoms with Crippen LogP contribution in [-0.4, -0.2) is 53.9 Å². The Hall–Kier alpha value is -3.28. The van der Waals surface area contributed by atoms with Gasteiger partial charge in [0.05, 0.1) is 21.3 Å². The van der Waals surface area contributed by atoms with E-state index < -0.39 is 0 Å². The normalized spacial score (nSPS) is 10.0. The van der Waals surface area contributed by atoms with Gasteiger partial charge in [-0.25, -0.2) is 9.67 Å². The second kappa shape index (κ2) is 8.01. The van der Waals surface area contributed by atoms with E-state index in [4.69, 9.17) is 19.5 Å². The first-order valence-corrected chi connectivity index (χ1v) is 7.35. The number of nitrogens with zero attached hydrogens (tertiary/aromatic N) is 5. The Bertz CT molecular complexity index is 796. The van der Waals surface area contributed by atoms with Gasteiger partial charge in [-0.3, -0.25) is 4.79 Å². The second-order valence-corrected chi connectivity index (χ2v) is 5.12. The van der Waals surface area contributed by atoms with Gasteiger partial charge >= 0.3 is 0 Å². The fourth-order valence-corrected chi connectivity index (χ4v) is 2.31. The van der Waals surface area contributed by atoms with Crippen LogP contribution in [0, 0.1) is 11.3 Å². The molecule has 0 bridgehead atoms. The summed E-state index contributed by atoms with van der Waals surface area (Å²) in [6.45, 7) is 0.295. The summed E-state index contributed by atoms with van der Waals surface area (Å²) in [5.41, 5.74) is 0.771. The fourth-order valence-electron chi connectivity index (χ4n) is 2.31. The number of rotatable bonds is 7. The fraction of sp³-hybridized carbons (Fsp3) is 0.375. The first kappa shape index (κ1) is 18.1. The Morgan fingerprint density at radius 1 is 1.24 bits per heavy atom. The second-order valence-electron chi connectivity index (χ2n) is 5.12. The van der Waals surface area contributed by atoms with Crippen LogP contribution in [0.3, 0.4) is 0 Å². The van der Waals surface area contributed by atoms with Gasteiger partial charge < -0.3 is 19.1 Å². The predicted molar refractivity (Wildman–Crippen MR) is 87.3 cm³/mol. The van der Waals surface area contributed by atoms with E-state index in [9.17, 15) is 4.79 Å². The molecule has 0 aliphatic heterocycles. The summed E-state index contributed by atoms with van der Waals surface area (Å²) in [4.78, 5) is 17.6. The summed E-state index contributed by atoms with van der Waals surface area (Å²) in [7, 11) is 6.26.